The van der Waals surface area contributed by atoms with E-state index in [0.29, 0.717) is 41.3 Å². The Morgan fingerprint density at radius 2 is 1.83 bits per heavy atom. The van der Waals surface area contributed by atoms with Crippen molar-refractivity contribution in [3.63, 3.8) is 0 Å². The number of nitrogens with zero attached hydrogens (tertiary/aromatic N) is 4. The summed E-state index contributed by atoms with van der Waals surface area (Å²) in [6.07, 6.45) is 2.80. The molecule has 35 heavy (non-hydrogen) atoms. The van der Waals surface area contributed by atoms with Crippen LogP contribution < -0.4 is 4.74 Å². The summed E-state index contributed by atoms with van der Waals surface area (Å²) >= 11 is 0. The number of aryl methyl sites for hydroxylation is 2. The fraction of sp³-hybridized carbons (Fsp3) is 0.333. The summed E-state index contributed by atoms with van der Waals surface area (Å²) in [6.45, 7) is 5.87. The Labute approximate surface area is 202 Å². The van der Waals surface area contributed by atoms with Crippen LogP contribution in [0.15, 0.2) is 42.6 Å². The third-order valence-electron chi connectivity index (χ3n) is 6.55. The molecule has 4 heterocycles. The number of fused-ring (bicyclic) bond motifs is 1. The van der Waals surface area contributed by atoms with Gasteiger partial charge >= 0.3 is 0 Å². The van der Waals surface area contributed by atoms with Crippen molar-refractivity contribution >= 4 is 11.0 Å². The largest absolute Gasteiger partial charge is 0.481 e. The summed E-state index contributed by atoms with van der Waals surface area (Å²) in [5.74, 6) is -0.252. The highest BCUT2D eigenvalue weighted by Gasteiger charge is 2.32. The van der Waals surface area contributed by atoms with Crippen molar-refractivity contribution in [2.24, 2.45) is 0 Å². The quantitative estimate of drug-likeness (QED) is 0.359. The second kappa shape index (κ2) is 9.26. The Balaban J connectivity index is 1.62. The van der Waals surface area contributed by atoms with Gasteiger partial charge < -0.3 is 9.47 Å². The molecular weight excluding hydrogens is 450 g/mol. The van der Waals surface area contributed by atoms with Gasteiger partial charge in [0.2, 0.25) is 5.88 Å². The van der Waals surface area contributed by atoms with Crippen LogP contribution in [0.2, 0.25) is 0 Å². The Hall–Kier alpha value is -3.52. The lowest BCUT2D eigenvalue weighted by Crippen LogP contribution is -2.26. The Morgan fingerprint density at radius 3 is 2.60 bits per heavy atom. The molecule has 1 aliphatic rings. The van der Waals surface area contributed by atoms with Crippen LogP contribution in [0.1, 0.15) is 54.4 Å². The number of benzene rings is 1. The Morgan fingerprint density at radius 1 is 1.00 bits per heavy atom. The molecule has 1 saturated heterocycles. The molecule has 3 aromatic heterocycles. The first-order valence-electron chi connectivity index (χ1n) is 11.6. The lowest BCUT2D eigenvalue weighted by Gasteiger charge is -2.33. The van der Waals surface area contributed by atoms with Crippen LogP contribution in [0.4, 0.5) is 8.78 Å². The number of halogens is 2. The minimum atomic E-state index is -0.670. The van der Waals surface area contributed by atoms with Gasteiger partial charge in [0.1, 0.15) is 17.5 Å². The minimum absolute atomic E-state index is 0.0435. The van der Waals surface area contributed by atoms with Crippen LogP contribution in [-0.2, 0) is 4.74 Å². The zero-order chi connectivity index (χ0) is 24.7. The molecule has 1 aliphatic heterocycles. The van der Waals surface area contributed by atoms with Crippen molar-refractivity contribution in [2.75, 3.05) is 7.11 Å². The van der Waals surface area contributed by atoms with Gasteiger partial charge in [-0.05, 0) is 69.0 Å². The first-order valence-corrected chi connectivity index (χ1v) is 11.6. The molecule has 1 aromatic carbocycles. The zero-order valence-electron chi connectivity index (χ0n) is 20.0. The van der Waals surface area contributed by atoms with Gasteiger partial charge in [0, 0.05) is 40.9 Å². The fourth-order valence-electron chi connectivity index (χ4n) is 4.64. The van der Waals surface area contributed by atoms with Crippen molar-refractivity contribution in [3.05, 3.63) is 76.9 Å². The molecule has 1 fully saturated rings. The highest BCUT2D eigenvalue weighted by atomic mass is 19.1. The summed E-state index contributed by atoms with van der Waals surface area (Å²) in [7, 11) is 1.58. The van der Waals surface area contributed by atoms with Gasteiger partial charge in [-0.1, -0.05) is 0 Å². The van der Waals surface area contributed by atoms with E-state index in [9.17, 15) is 8.78 Å². The second-order valence-corrected chi connectivity index (χ2v) is 9.05. The van der Waals surface area contributed by atoms with Crippen LogP contribution >= 0.6 is 0 Å². The normalized spacial score (nSPS) is 20.2. The monoisotopic (exact) mass is 476 g/mol. The highest BCUT2D eigenvalue weighted by molar-refractivity contribution is 5.91. The van der Waals surface area contributed by atoms with E-state index in [1.165, 1.54) is 12.1 Å². The number of hydrogen-bond donors (Lipinski definition) is 0. The van der Waals surface area contributed by atoms with E-state index < -0.39 is 11.6 Å². The van der Waals surface area contributed by atoms with E-state index >= 15 is 0 Å². The first-order chi connectivity index (χ1) is 16.8. The van der Waals surface area contributed by atoms with Crippen molar-refractivity contribution < 1.29 is 18.3 Å². The van der Waals surface area contributed by atoms with Crippen molar-refractivity contribution in [1.29, 1.82) is 0 Å². The van der Waals surface area contributed by atoms with Crippen molar-refractivity contribution in [1.82, 2.24) is 19.9 Å². The fourth-order valence-corrected chi connectivity index (χ4v) is 4.64. The molecule has 0 amide bonds. The van der Waals surface area contributed by atoms with E-state index in [-0.39, 0.29) is 23.7 Å². The van der Waals surface area contributed by atoms with Gasteiger partial charge in [-0.25, -0.2) is 28.7 Å². The van der Waals surface area contributed by atoms with Crippen LogP contribution in [0, 0.1) is 25.5 Å². The number of pyridine rings is 2. The Kier molecular flexibility index (Phi) is 6.15. The summed E-state index contributed by atoms with van der Waals surface area (Å²) in [4.78, 5) is 18.5. The molecule has 0 radical (unpaired) electrons. The average Bonchev–Trinajstić information content (AvgIpc) is 2.84. The molecule has 0 spiro atoms. The van der Waals surface area contributed by atoms with E-state index in [2.05, 4.69) is 9.97 Å². The molecule has 1 unspecified atom stereocenters. The van der Waals surface area contributed by atoms with Gasteiger partial charge in [-0.2, -0.15) is 0 Å². The van der Waals surface area contributed by atoms with Crippen LogP contribution in [0.25, 0.3) is 22.3 Å². The topological polar surface area (TPSA) is 70.0 Å². The molecule has 0 aliphatic carbocycles. The van der Waals surface area contributed by atoms with Gasteiger partial charge in [0.25, 0.3) is 0 Å². The number of hydrogen-bond acceptors (Lipinski definition) is 6. The summed E-state index contributed by atoms with van der Waals surface area (Å²) in [6, 6.07) is 9.23. The van der Waals surface area contributed by atoms with E-state index in [1.54, 1.807) is 13.3 Å². The predicted molar refractivity (Wildman–Crippen MR) is 128 cm³/mol. The third kappa shape index (κ3) is 4.58. The lowest BCUT2D eigenvalue weighted by atomic mass is 9.88. The van der Waals surface area contributed by atoms with Gasteiger partial charge in [-0.15, -0.1) is 0 Å². The molecule has 8 heteroatoms. The molecule has 4 aromatic rings. The third-order valence-corrected chi connectivity index (χ3v) is 6.55. The summed E-state index contributed by atoms with van der Waals surface area (Å²) in [5.41, 5.74) is 3.89. The molecule has 0 saturated carbocycles. The zero-order valence-corrected chi connectivity index (χ0v) is 20.0. The average molecular weight is 477 g/mol. The molecule has 0 bridgehead atoms. The van der Waals surface area contributed by atoms with Gasteiger partial charge in [-0.3, -0.25) is 0 Å². The van der Waals surface area contributed by atoms with Crippen LogP contribution in [0.5, 0.6) is 5.88 Å². The van der Waals surface area contributed by atoms with E-state index in [4.69, 9.17) is 19.4 Å². The maximum absolute atomic E-state index is 14.9. The molecule has 180 valence electrons. The smallest absolute Gasteiger partial charge is 0.213 e. The second-order valence-electron chi connectivity index (χ2n) is 9.05. The molecule has 0 N–H and O–H groups in total. The molecule has 3 atom stereocenters. The van der Waals surface area contributed by atoms with Gasteiger partial charge in [0.15, 0.2) is 5.65 Å². The first kappa shape index (κ1) is 23.2. The number of aromatic nitrogens is 4. The van der Waals surface area contributed by atoms with Gasteiger partial charge in [0.05, 0.1) is 25.0 Å². The Bertz CT molecular complexity index is 1410. The van der Waals surface area contributed by atoms with Crippen molar-refractivity contribution in [3.8, 4) is 17.1 Å². The minimum Gasteiger partial charge on any atom is -0.481 e. The standard InChI is InChI=1S/C27H26F2N4O2/c1-14-9-21-25(20-6-5-19(28)13-22(20)29)32-26(33-27(21)31-16(14)3)18-10-15(2)35-23(11-18)17-7-8-30-24(12-17)34-4/h5-9,12-13,15,18,23H,10-11H2,1-4H3/t15-,18?,23-/m1/s1. The number of ether oxygens (including phenoxy) is 2. The number of methoxy groups -OCH3 is 1. The van der Waals surface area contributed by atoms with Crippen molar-refractivity contribution in [2.45, 2.75) is 51.7 Å². The maximum Gasteiger partial charge on any atom is 0.213 e. The molecule has 5 rings (SSSR count). The lowest BCUT2D eigenvalue weighted by molar-refractivity contribution is -0.0512. The number of rotatable bonds is 4. The SMILES string of the molecule is COc1cc([C@H]2CC(c3nc(-c4ccc(F)cc4F)c4cc(C)c(C)nc4n3)C[C@@H](C)O2)ccn1. The van der Waals surface area contributed by atoms with Crippen LogP contribution in [0.3, 0.4) is 0 Å². The highest BCUT2D eigenvalue weighted by Crippen LogP contribution is 2.41. The summed E-state index contributed by atoms with van der Waals surface area (Å²) in [5, 5.41) is 0.637. The molecular formula is C27H26F2N4O2. The van der Waals surface area contributed by atoms with Crippen LogP contribution in [-0.4, -0.2) is 33.1 Å². The molecule has 6 nitrogen and oxygen atoms in total. The van der Waals surface area contributed by atoms with E-state index in [0.717, 1.165) is 22.9 Å². The predicted octanol–water partition coefficient (Wildman–Crippen LogP) is 6.01. The van der Waals surface area contributed by atoms with E-state index in [1.807, 2.05) is 39.0 Å². The summed E-state index contributed by atoms with van der Waals surface area (Å²) < 4.78 is 40.0. The maximum atomic E-state index is 14.9.